The molecule has 0 spiro atoms. The predicted octanol–water partition coefficient (Wildman–Crippen LogP) is 4.51. The van der Waals surface area contributed by atoms with Gasteiger partial charge < -0.3 is 10.5 Å². The molecule has 5 heteroatoms. The highest BCUT2D eigenvalue weighted by Crippen LogP contribution is 2.28. The Morgan fingerprint density at radius 1 is 1.06 bits per heavy atom. The first-order valence-electron chi connectivity index (χ1n) is 5.18. The molecule has 18 heavy (non-hydrogen) atoms. The fourth-order valence-corrected chi connectivity index (χ4v) is 2.21. The summed E-state index contributed by atoms with van der Waals surface area (Å²) in [6.07, 6.45) is 0. The van der Waals surface area contributed by atoms with E-state index in [9.17, 15) is 4.39 Å². The molecule has 0 bridgehead atoms. The van der Waals surface area contributed by atoms with Gasteiger partial charge in [0.05, 0.1) is 8.95 Å². The lowest BCUT2D eigenvalue weighted by Crippen LogP contribution is -1.97. The molecule has 0 amide bonds. The molecule has 2 nitrogen and oxygen atoms in total. The zero-order valence-corrected chi connectivity index (χ0v) is 12.5. The predicted molar refractivity (Wildman–Crippen MR) is 77.0 cm³/mol. The summed E-state index contributed by atoms with van der Waals surface area (Å²) in [5.41, 5.74) is 7.19. The van der Waals surface area contributed by atoms with E-state index in [1.165, 1.54) is 6.07 Å². The largest absolute Gasteiger partial charge is 0.488 e. The van der Waals surface area contributed by atoms with Crippen molar-refractivity contribution < 1.29 is 9.13 Å². The quantitative estimate of drug-likeness (QED) is 0.802. The lowest BCUT2D eigenvalue weighted by molar-refractivity contribution is 0.304. The Morgan fingerprint density at radius 2 is 1.83 bits per heavy atom. The van der Waals surface area contributed by atoms with Crippen LogP contribution in [0, 0.1) is 5.82 Å². The Bertz CT molecular complexity index is 575. The third-order valence-corrected chi connectivity index (χ3v) is 3.60. The van der Waals surface area contributed by atoms with Crippen molar-refractivity contribution in [1.29, 1.82) is 0 Å². The lowest BCUT2D eigenvalue weighted by atomic mass is 10.2. The summed E-state index contributed by atoms with van der Waals surface area (Å²) in [5.74, 6) is 0.374. The SMILES string of the molecule is Nc1ccc(Br)c(OCc2ccc(F)c(Br)c2)c1. The van der Waals surface area contributed by atoms with Crippen LogP contribution in [0.1, 0.15) is 5.56 Å². The summed E-state index contributed by atoms with van der Waals surface area (Å²) in [5, 5.41) is 0. The molecule has 0 atom stereocenters. The number of benzene rings is 2. The van der Waals surface area contributed by atoms with Crippen molar-refractivity contribution in [3.8, 4) is 5.75 Å². The molecule has 2 rings (SSSR count). The normalized spacial score (nSPS) is 10.4. The fraction of sp³-hybridized carbons (Fsp3) is 0.0769. The number of rotatable bonds is 3. The molecule has 0 fully saturated rings. The van der Waals surface area contributed by atoms with E-state index in [1.54, 1.807) is 24.3 Å². The van der Waals surface area contributed by atoms with Gasteiger partial charge in [0.1, 0.15) is 18.2 Å². The summed E-state index contributed by atoms with van der Waals surface area (Å²) in [6, 6.07) is 10.1. The van der Waals surface area contributed by atoms with Gasteiger partial charge in [0.2, 0.25) is 0 Å². The van der Waals surface area contributed by atoms with Crippen molar-refractivity contribution in [2.45, 2.75) is 6.61 Å². The van der Waals surface area contributed by atoms with Crippen LogP contribution in [0.4, 0.5) is 10.1 Å². The van der Waals surface area contributed by atoms with Crippen LogP contribution in [0.25, 0.3) is 0 Å². The Balaban J connectivity index is 2.11. The van der Waals surface area contributed by atoms with E-state index < -0.39 is 0 Å². The van der Waals surface area contributed by atoms with Crippen molar-refractivity contribution in [2.24, 2.45) is 0 Å². The first-order valence-corrected chi connectivity index (χ1v) is 6.76. The summed E-state index contributed by atoms with van der Waals surface area (Å²) in [6.45, 7) is 0.348. The van der Waals surface area contributed by atoms with E-state index in [0.29, 0.717) is 22.5 Å². The number of hydrogen-bond donors (Lipinski definition) is 1. The van der Waals surface area contributed by atoms with Gasteiger partial charge in [-0.3, -0.25) is 0 Å². The Morgan fingerprint density at radius 3 is 2.56 bits per heavy atom. The second kappa shape index (κ2) is 5.71. The molecule has 2 N–H and O–H groups in total. The molecule has 0 aliphatic carbocycles. The van der Waals surface area contributed by atoms with Gasteiger partial charge in [0, 0.05) is 11.8 Å². The van der Waals surface area contributed by atoms with Crippen molar-refractivity contribution in [3.63, 3.8) is 0 Å². The third kappa shape index (κ3) is 3.23. The minimum Gasteiger partial charge on any atom is -0.488 e. The minimum absolute atomic E-state index is 0.288. The molecule has 0 aromatic heterocycles. The lowest BCUT2D eigenvalue weighted by Gasteiger charge is -2.09. The Hall–Kier alpha value is -1.07. The standard InChI is InChI=1S/C13H10Br2FNO/c14-10-3-2-9(17)6-13(10)18-7-8-1-4-12(16)11(15)5-8/h1-6H,7,17H2. The van der Waals surface area contributed by atoms with Gasteiger partial charge in [-0.05, 0) is 61.7 Å². The average molecular weight is 375 g/mol. The second-order valence-electron chi connectivity index (χ2n) is 3.73. The van der Waals surface area contributed by atoms with Gasteiger partial charge in [-0.15, -0.1) is 0 Å². The van der Waals surface area contributed by atoms with Crippen molar-refractivity contribution in [3.05, 3.63) is 56.7 Å². The van der Waals surface area contributed by atoms with Crippen molar-refractivity contribution in [2.75, 3.05) is 5.73 Å². The number of nitrogens with two attached hydrogens (primary N) is 1. The third-order valence-electron chi connectivity index (χ3n) is 2.33. The minimum atomic E-state index is -0.288. The van der Waals surface area contributed by atoms with Crippen molar-refractivity contribution in [1.82, 2.24) is 0 Å². The van der Waals surface area contributed by atoms with E-state index >= 15 is 0 Å². The zero-order valence-electron chi connectivity index (χ0n) is 9.29. The molecule has 0 heterocycles. The fourth-order valence-electron chi connectivity index (χ4n) is 1.42. The monoisotopic (exact) mass is 373 g/mol. The summed E-state index contributed by atoms with van der Waals surface area (Å²) < 4.78 is 20.0. The second-order valence-corrected chi connectivity index (χ2v) is 5.44. The maximum Gasteiger partial charge on any atom is 0.137 e. The topological polar surface area (TPSA) is 35.2 Å². The van der Waals surface area contributed by atoms with Crippen LogP contribution in [0.2, 0.25) is 0 Å². The molecule has 0 aliphatic heterocycles. The Kier molecular flexibility index (Phi) is 4.24. The molecule has 94 valence electrons. The number of ether oxygens (including phenoxy) is 1. The average Bonchev–Trinajstić information content (AvgIpc) is 2.34. The number of anilines is 1. The van der Waals surface area contributed by atoms with Gasteiger partial charge >= 0.3 is 0 Å². The zero-order chi connectivity index (χ0) is 13.1. The number of nitrogen functional groups attached to an aromatic ring is 1. The first-order chi connectivity index (χ1) is 8.56. The molecule has 0 aliphatic rings. The summed E-state index contributed by atoms with van der Waals surface area (Å²) in [4.78, 5) is 0. The van der Waals surface area contributed by atoms with Crippen LogP contribution in [0.3, 0.4) is 0 Å². The van der Waals surface area contributed by atoms with Gasteiger partial charge in [-0.25, -0.2) is 4.39 Å². The van der Waals surface area contributed by atoms with E-state index in [1.807, 2.05) is 6.07 Å². The van der Waals surface area contributed by atoms with E-state index in [2.05, 4.69) is 31.9 Å². The van der Waals surface area contributed by atoms with Crippen LogP contribution in [0.5, 0.6) is 5.75 Å². The van der Waals surface area contributed by atoms with Gasteiger partial charge in [-0.1, -0.05) is 6.07 Å². The highest BCUT2D eigenvalue weighted by atomic mass is 79.9. The van der Waals surface area contributed by atoms with Crippen LogP contribution in [0.15, 0.2) is 45.3 Å². The molecule has 0 unspecified atom stereocenters. The molecule has 2 aromatic carbocycles. The van der Waals surface area contributed by atoms with Crippen LogP contribution < -0.4 is 10.5 Å². The molecule has 2 aromatic rings. The molecule has 0 saturated carbocycles. The number of halogens is 3. The highest BCUT2D eigenvalue weighted by Gasteiger charge is 2.04. The van der Waals surface area contributed by atoms with E-state index in [-0.39, 0.29) is 5.82 Å². The van der Waals surface area contributed by atoms with Gasteiger partial charge in [-0.2, -0.15) is 0 Å². The van der Waals surface area contributed by atoms with Gasteiger partial charge in [0.25, 0.3) is 0 Å². The smallest absolute Gasteiger partial charge is 0.137 e. The molecule has 0 saturated heterocycles. The van der Waals surface area contributed by atoms with Gasteiger partial charge in [0.15, 0.2) is 0 Å². The van der Waals surface area contributed by atoms with Crippen molar-refractivity contribution >= 4 is 37.5 Å². The molecular weight excluding hydrogens is 365 g/mol. The summed E-state index contributed by atoms with van der Waals surface area (Å²) >= 11 is 6.52. The maximum atomic E-state index is 13.1. The van der Waals surface area contributed by atoms with Crippen LogP contribution in [-0.4, -0.2) is 0 Å². The number of hydrogen-bond acceptors (Lipinski definition) is 2. The summed E-state index contributed by atoms with van der Waals surface area (Å²) in [7, 11) is 0. The highest BCUT2D eigenvalue weighted by molar-refractivity contribution is 9.10. The molecule has 0 radical (unpaired) electrons. The van der Waals surface area contributed by atoms with Crippen LogP contribution >= 0.6 is 31.9 Å². The van der Waals surface area contributed by atoms with E-state index in [0.717, 1.165) is 10.0 Å². The Labute approximate surface area is 121 Å². The molecular formula is C13H10Br2FNO. The van der Waals surface area contributed by atoms with Crippen LogP contribution in [-0.2, 0) is 6.61 Å². The van der Waals surface area contributed by atoms with E-state index in [4.69, 9.17) is 10.5 Å². The maximum absolute atomic E-state index is 13.1. The first kappa shape index (κ1) is 13.4.